The standard InChI is InChI=1S/C20H20N2O3/c23-20(24-14-15-6-2-1-3-7-15)22-12-10-16(11-13-22)19-21-17-8-4-5-9-18(17)25-19/h1-9,16H,10-14H2. The third kappa shape index (κ3) is 3.50. The number of hydrogen-bond acceptors (Lipinski definition) is 4. The van der Waals surface area contributed by atoms with Crippen LogP contribution in [0, 0.1) is 0 Å². The molecule has 0 unspecified atom stereocenters. The van der Waals surface area contributed by atoms with Crippen LogP contribution < -0.4 is 0 Å². The van der Waals surface area contributed by atoms with Gasteiger partial charge in [0.1, 0.15) is 12.1 Å². The van der Waals surface area contributed by atoms with E-state index < -0.39 is 0 Å². The van der Waals surface area contributed by atoms with E-state index in [4.69, 9.17) is 9.15 Å². The molecule has 1 fully saturated rings. The maximum absolute atomic E-state index is 12.2. The molecule has 0 bridgehead atoms. The van der Waals surface area contributed by atoms with Crippen molar-refractivity contribution in [2.75, 3.05) is 13.1 Å². The molecule has 25 heavy (non-hydrogen) atoms. The van der Waals surface area contributed by atoms with E-state index in [0.29, 0.717) is 19.7 Å². The number of oxazole rings is 1. The number of amides is 1. The fourth-order valence-corrected chi connectivity index (χ4v) is 3.18. The van der Waals surface area contributed by atoms with Gasteiger partial charge in [0.15, 0.2) is 11.5 Å². The van der Waals surface area contributed by atoms with Gasteiger partial charge in [0.25, 0.3) is 0 Å². The SMILES string of the molecule is O=C(OCc1ccccc1)N1CCC(c2nc3ccccc3o2)CC1. The number of nitrogens with zero attached hydrogens (tertiary/aromatic N) is 2. The van der Waals surface area contributed by atoms with E-state index in [0.717, 1.165) is 35.4 Å². The summed E-state index contributed by atoms with van der Waals surface area (Å²) in [6.45, 7) is 1.64. The van der Waals surface area contributed by atoms with E-state index in [1.165, 1.54) is 0 Å². The highest BCUT2D eigenvalue weighted by molar-refractivity contribution is 5.72. The van der Waals surface area contributed by atoms with Crippen molar-refractivity contribution in [3.63, 3.8) is 0 Å². The molecule has 0 atom stereocenters. The summed E-state index contributed by atoms with van der Waals surface area (Å²) in [5, 5.41) is 0. The molecule has 128 valence electrons. The number of ether oxygens (including phenoxy) is 1. The number of rotatable bonds is 3. The van der Waals surface area contributed by atoms with E-state index in [-0.39, 0.29) is 12.0 Å². The summed E-state index contributed by atoms with van der Waals surface area (Å²) in [5.74, 6) is 1.03. The Hall–Kier alpha value is -2.82. The first-order valence-electron chi connectivity index (χ1n) is 8.61. The van der Waals surface area contributed by atoms with Crippen LogP contribution in [-0.2, 0) is 11.3 Å². The molecule has 1 aliphatic heterocycles. The van der Waals surface area contributed by atoms with Crippen LogP contribution in [0.15, 0.2) is 59.0 Å². The third-order valence-electron chi connectivity index (χ3n) is 4.62. The number of para-hydroxylation sites is 2. The Morgan fingerprint density at radius 3 is 2.56 bits per heavy atom. The highest BCUT2D eigenvalue weighted by Crippen LogP contribution is 2.30. The molecule has 0 spiro atoms. The van der Waals surface area contributed by atoms with Crippen LogP contribution in [0.1, 0.15) is 30.2 Å². The second kappa shape index (κ2) is 6.97. The average Bonchev–Trinajstić information content (AvgIpc) is 3.11. The minimum absolute atomic E-state index is 0.250. The van der Waals surface area contributed by atoms with E-state index >= 15 is 0 Å². The first kappa shape index (κ1) is 15.7. The van der Waals surface area contributed by atoms with Crippen molar-refractivity contribution in [3.05, 3.63) is 66.1 Å². The van der Waals surface area contributed by atoms with Crippen LogP contribution in [-0.4, -0.2) is 29.1 Å². The lowest BCUT2D eigenvalue weighted by molar-refractivity contribution is 0.0857. The largest absolute Gasteiger partial charge is 0.445 e. The number of carbonyl (C=O) groups is 1. The second-order valence-electron chi connectivity index (χ2n) is 6.32. The summed E-state index contributed by atoms with van der Waals surface area (Å²) in [6.07, 6.45) is 1.43. The van der Waals surface area contributed by atoms with Gasteiger partial charge in [-0.05, 0) is 30.5 Å². The highest BCUT2D eigenvalue weighted by Gasteiger charge is 2.27. The minimum atomic E-state index is -0.250. The Balaban J connectivity index is 1.32. The summed E-state index contributed by atoms with van der Waals surface area (Å²) in [4.78, 5) is 18.6. The molecule has 4 rings (SSSR count). The zero-order valence-electron chi connectivity index (χ0n) is 13.9. The molecule has 2 aromatic carbocycles. The van der Waals surface area contributed by atoms with Gasteiger partial charge in [0.05, 0.1) is 0 Å². The molecule has 1 saturated heterocycles. The monoisotopic (exact) mass is 336 g/mol. The van der Waals surface area contributed by atoms with E-state index in [2.05, 4.69) is 4.98 Å². The zero-order chi connectivity index (χ0) is 17.1. The highest BCUT2D eigenvalue weighted by atomic mass is 16.6. The molecule has 5 heteroatoms. The Morgan fingerprint density at radius 2 is 1.80 bits per heavy atom. The predicted molar refractivity (Wildman–Crippen MR) is 94.2 cm³/mol. The topological polar surface area (TPSA) is 55.6 Å². The van der Waals surface area contributed by atoms with Crippen LogP contribution in [0.4, 0.5) is 4.79 Å². The normalized spacial score (nSPS) is 15.4. The number of aromatic nitrogens is 1. The van der Waals surface area contributed by atoms with Crippen molar-refractivity contribution < 1.29 is 13.9 Å². The number of hydrogen-bond donors (Lipinski definition) is 0. The predicted octanol–water partition coefficient (Wildman–Crippen LogP) is 4.34. The van der Waals surface area contributed by atoms with E-state index in [9.17, 15) is 4.79 Å². The number of piperidine rings is 1. The Bertz CT molecular complexity index is 819. The molecule has 1 aromatic heterocycles. The number of carbonyl (C=O) groups excluding carboxylic acids is 1. The average molecular weight is 336 g/mol. The van der Waals surface area contributed by atoms with Gasteiger partial charge in [0.2, 0.25) is 0 Å². The van der Waals surface area contributed by atoms with Gasteiger partial charge < -0.3 is 14.1 Å². The van der Waals surface area contributed by atoms with Crippen LogP contribution in [0.25, 0.3) is 11.1 Å². The maximum atomic E-state index is 12.2. The maximum Gasteiger partial charge on any atom is 0.410 e. The van der Waals surface area contributed by atoms with Crippen LogP contribution >= 0.6 is 0 Å². The first-order chi connectivity index (χ1) is 12.3. The van der Waals surface area contributed by atoms with Crippen molar-refractivity contribution >= 4 is 17.2 Å². The van der Waals surface area contributed by atoms with Gasteiger partial charge in [-0.25, -0.2) is 9.78 Å². The molecule has 0 radical (unpaired) electrons. The summed E-state index contributed by atoms with van der Waals surface area (Å²) in [5.41, 5.74) is 2.71. The third-order valence-corrected chi connectivity index (χ3v) is 4.62. The minimum Gasteiger partial charge on any atom is -0.445 e. The molecule has 0 aliphatic carbocycles. The molecule has 1 amide bonds. The molecule has 0 saturated carbocycles. The Kier molecular flexibility index (Phi) is 4.37. The van der Waals surface area contributed by atoms with Gasteiger partial charge >= 0.3 is 6.09 Å². The molecular weight excluding hydrogens is 316 g/mol. The lowest BCUT2D eigenvalue weighted by Gasteiger charge is -2.29. The lowest BCUT2D eigenvalue weighted by atomic mass is 9.97. The Morgan fingerprint density at radius 1 is 1.08 bits per heavy atom. The number of fused-ring (bicyclic) bond motifs is 1. The number of benzene rings is 2. The second-order valence-corrected chi connectivity index (χ2v) is 6.32. The fraction of sp³-hybridized carbons (Fsp3) is 0.300. The van der Waals surface area contributed by atoms with Crippen molar-refractivity contribution in [2.24, 2.45) is 0 Å². The summed E-state index contributed by atoms with van der Waals surface area (Å²) in [7, 11) is 0. The molecular formula is C20H20N2O3. The van der Waals surface area contributed by atoms with Gasteiger partial charge in [-0.15, -0.1) is 0 Å². The van der Waals surface area contributed by atoms with Gasteiger partial charge in [-0.1, -0.05) is 42.5 Å². The molecule has 5 nitrogen and oxygen atoms in total. The van der Waals surface area contributed by atoms with Gasteiger partial charge in [-0.2, -0.15) is 0 Å². The summed E-state index contributed by atoms with van der Waals surface area (Å²) >= 11 is 0. The van der Waals surface area contributed by atoms with Crippen molar-refractivity contribution in [3.8, 4) is 0 Å². The first-order valence-corrected chi connectivity index (χ1v) is 8.61. The molecule has 1 aliphatic rings. The quantitative estimate of drug-likeness (QED) is 0.714. The van der Waals surface area contributed by atoms with Crippen LogP contribution in [0.2, 0.25) is 0 Å². The van der Waals surface area contributed by atoms with E-state index in [1.54, 1.807) is 4.90 Å². The lowest BCUT2D eigenvalue weighted by Crippen LogP contribution is -2.38. The van der Waals surface area contributed by atoms with Crippen molar-refractivity contribution in [1.82, 2.24) is 9.88 Å². The molecule has 3 aromatic rings. The van der Waals surface area contributed by atoms with Crippen molar-refractivity contribution in [2.45, 2.75) is 25.4 Å². The molecule has 2 heterocycles. The summed E-state index contributed by atoms with van der Waals surface area (Å²) in [6, 6.07) is 17.5. The number of likely N-dealkylation sites (tertiary alicyclic amines) is 1. The van der Waals surface area contributed by atoms with Crippen LogP contribution in [0.5, 0.6) is 0 Å². The Labute approximate surface area is 146 Å². The van der Waals surface area contributed by atoms with Gasteiger partial charge in [-0.3, -0.25) is 0 Å². The fourth-order valence-electron chi connectivity index (χ4n) is 3.18. The smallest absolute Gasteiger partial charge is 0.410 e. The molecule has 0 N–H and O–H groups in total. The summed E-state index contributed by atoms with van der Waals surface area (Å²) < 4.78 is 11.3. The van der Waals surface area contributed by atoms with E-state index in [1.807, 2.05) is 54.6 Å². The van der Waals surface area contributed by atoms with Gasteiger partial charge in [0, 0.05) is 19.0 Å². The zero-order valence-corrected chi connectivity index (χ0v) is 13.9. The van der Waals surface area contributed by atoms with Crippen LogP contribution in [0.3, 0.4) is 0 Å². The van der Waals surface area contributed by atoms with Crippen molar-refractivity contribution in [1.29, 1.82) is 0 Å².